The highest BCUT2D eigenvalue weighted by molar-refractivity contribution is 8.27. The minimum atomic E-state index is -0.569. The molecule has 29 heavy (non-hydrogen) atoms. The number of amides is 1. The zero-order chi connectivity index (χ0) is 20.7. The van der Waals surface area contributed by atoms with Crippen LogP contribution in [0.25, 0.3) is 17.4 Å². The Morgan fingerprint density at radius 2 is 1.83 bits per heavy atom. The average Bonchev–Trinajstić information content (AvgIpc) is 3.22. The van der Waals surface area contributed by atoms with E-state index in [0.717, 1.165) is 11.8 Å². The third kappa shape index (κ3) is 4.09. The first-order chi connectivity index (χ1) is 13.8. The minimum absolute atomic E-state index is 0.0870. The first-order valence-electron chi connectivity index (χ1n) is 8.12. The molecule has 1 fully saturated rings. The smallest absolute Gasteiger partial charge is 0.270 e. The van der Waals surface area contributed by atoms with E-state index in [2.05, 4.69) is 0 Å². The Hall–Kier alpha value is -1.83. The monoisotopic (exact) mass is 483 g/mol. The van der Waals surface area contributed by atoms with Crippen molar-refractivity contribution < 1.29 is 13.6 Å². The molecule has 0 radical (unpaired) electrons. The summed E-state index contributed by atoms with van der Waals surface area (Å²) in [5, 5.41) is 0.893. The van der Waals surface area contributed by atoms with Crippen LogP contribution in [-0.4, -0.2) is 10.2 Å². The van der Waals surface area contributed by atoms with E-state index in [-0.39, 0.29) is 10.9 Å². The molecular formula is C20H9Cl3FNO2S2. The second-order valence-electron chi connectivity index (χ2n) is 5.94. The average molecular weight is 485 g/mol. The molecule has 1 aliphatic rings. The maximum Gasteiger partial charge on any atom is 0.270 e. The Kier molecular flexibility index (Phi) is 5.73. The van der Waals surface area contributed by atoms with E-state index in [1.165, 1.54) is 23.1 Å². The Labute approximate surface area is 190 Å². The number of carbonyl (C=O) groups is 1. The molecule has 0 spiro atoms. The van der Waals surface area contributed by atoms with E-state index in [0.29, 0.717) is 42.0 Å². The standard InChI is InChI=1S/C20H9Cl3FNO2S2/c21-10-1-4-13(14(22)7-10)17-6-3-12(27-17)9-18-19(26)25(20(28)29-18)11-2-5-16(24)15(23)8-11/h1-9H/b18-9+. The van der Waals surface area contributed by atoms with Gasteiger partial charge >= 0.3 is 0 Å². The van der Waals surface area contributed by atoms with Gasteiger partial charge in [0.05, 0.1) is 20.6 Å². The van der Waals surface area contributed by atoms with Gasteiger partial charge in [-0.3, -0.25) is 9.69 Å². The van der Waals surface area contributed by atoms with Crippen molar-refractivity contribution in [1.82, 2.24) is 0 Å². The van der Waals surface area contributed by atoms with E-state index in [4.69, 9.17) is 51.4 Å². The third-order valence-electron chi connectivity index (χ3n) is 4.05. The first kappa shape index (κ1) is 20.4. The van der Waals surface area contributed by atoms with Gasteiger partial charge in [0.25, 0.3) is 5.91 Å². The Morgan fingerprint density at radius 1 is 1.03 bits per heavy atom. The number of benzene rings is 2. The predicted molar refractivity (Wildman–Crippen MR) is 121 cm³/mol. The topological polar surface area (TPSA) is 33.5 Å². The fourth-order valence-corrected chi connectivity index (χ4v) is 4.66. The minimum Gasteiger partial charge on any atom is -0.457 e. The largest absolute Gasteiger partial charge is 0.457 e. The Balaban J connectivity index is 1.62. The molecule has 2 aromatic carbocycles. The predicted octanol–water partition coefficient (Wildman–Crippen LogP) is 7.45. The second kappa shape index (κ2) is 8.13. The van der Waals surface area contributed by atoms with Crippen LogP contribution in [0.3, 0.4) is 0 Å². The molecule has 4 rings (SSSR count). The lowest BCUT2D eigenvalue weighted by Gasteiger charge is -2.14. The van der Waals surface area contributed by atoms with Crippen LogP contribution in [0.4, 0.5) is 10.1 Å². The summed E-state index contributed by atoms with van der Waals surface area (Å²) in [6.45, 7) is 0. The van der Waals surface area contributed by atoms with Crippen LogP contribution in [0, 0.1) is 5.82 Å². The van der Waals surface area contributed by atoms with Crippen molar-refractivity contribution in [2.75, 3.05) is 4.90 Å². The third-order valence-corrected chi connectivity index (χ3v) is 6.19. The lowest BCUT2D eigenvalue weighted by molar-refractivity contribution is -0.113. The lowest BCUT2D eigenvalue weighted by Crippen LogP contribution is -2.27. The summed E-state index contributed by atoms with van der Waals surface area (Å²) in [6, 6.07) is 12.6. The van der Waals surface area contributed by atoms with Crippen LogP contribution in [0.5, 0.6) is 0 Å². The molecule has 0 bridgehead atoms. The SMILES string of the molecule is O=C1/C(=C\c2ccc(-c3ccc(Cl)cc3Cl)o2)SC(=S)N1c1ccc(F)c(Cl)c1. The molecule has 1 amide bonds. The normalized spacial score (nSPS) is 15.6. The molecule has 2 heterocycles. The van der Waals surface area contributed by atoms with Crippen LogP contribution in [-0.2, 0) is 4.79 Å². The van der Waals surface area contributed by atoms with Gasteiger partial charge in [0.1, 0.15) is 17.3 Å². The molecular weight excluding hydrogens is 476 g/mol. The second-order valence-corrected chi connectivity index (χ2v) is 8.87. The molecule has 0 aliphatic carbocycles. The zero-order valence-electron chi connectivity index (χ0n) is 14.3. The summed E-state index contributed by atoms with van der Waals surface area (Å²) in [5.41, 5.74) is 1.08. The van der Waals surface area contributed by atoms with E-state index < -0.39 is 5.82 Å². The number of carbonyl (C=O) groups excluding carboxylic acids is 1. The van der Waals surface area contributed by atoms with Crippen molar-refractivity contribution >= 4 is 80.8 Å². The van der Waals surface area contributed by atoms with Crippen molar-refractivity contribution in [3.05, 3.63) is 80.1 Å². The molecule has 146 valence electrons. The van der Waals surface area contributed by atoms with E-state index in [1.54, 1.807) is 36.4 Å². The Bertz CT molecular complexity index is 1190. The number of halogens is 4. The van der Waals surface area contributed by atoms with Crippen LogP contribution in [0.1, 0.15) is 5.76 Å². The van der Waals surface area contributed by atoms with E-state index in [9.17, 15) is 9.18 Å². The van der Waals surface area contributed by atoms with Gasteiger partial charge in [-0.25, -0.2) is 4.39 Å². The van der Waals surface area contributed by atoms with Crippen LogP contribution in [0.15, 0.2) is 57.9 Å². The number of thiocarbonyl (C=S) groups is 1. The quantitative estimate of drug-likeness (QED) is 0.285. The van der Waals surface area contributed by atoms with Crippen molar-refractivity contribution in [2.45, 2.75) is 0 Å². The molecule has 9 heteroatoms. The van der Waals surface area contributed by atoms with Gasteiger partial charge in [-0.15, -0.1) is 0 Å². The number of thioether (sulfide) groups is 1. The summed E-state index contributed by atoms with van der Waals surface area (Å²) in [5.74, 6) is 0.0906. The molecule has 0 unspecified atom stereocenters. The summed E-state index contributed by atoms with van der Waals surface area (Å²) in [7, 11) is 0. The summed E-state index contributed by atoms with van der Waals surface area (Å²) >= 11 is 24.4. The molecule has 0 N–H and O–H groups in total. The van der Waals surface area contributed by atoms with Crippen molar-refractivity contribution in [2.24, 2.45) is 0 Å². The van der Waals surface area contributed by atoms with Gasteiger partial charge < -0.3 is 4.42 Å². The summed E-state index contributed by atoms with van der Waals surface area (Å²) < 4.78 is 19.5. The van der Waals surface area contributed by atoms with Crippen molar-refractivity contribution in [1.29, 1.82) is 0 Å². The molecule has 1 aliphatic heterocycles. The maximum atomic E-state index is 13.4. The van der Waals surface area contributed by atoms with Crippen LogP contribution >= 0.6 is 58.8 Å². The molecule has 3 aromatic rings. The van der Waals surface area contributed by atoms with Gasteiger partial charge in [-0.05, 0) is 48.5 Å². The number of hydrogen-bond donors (Lipinski definition) is 0. The Morgan fingerprint density at radius 3 is 2.55 bits per heavy atom. The number of anilines is 1. The number of hydrogen-bond acceptors (Lipinski definition) is 4. The summed E-state index contributed by atoms with van der Waals surface area (Å²) in [6.07, 6.45) is 1.59. The first-order valence-corrected chi connectivity index (χ1v) is 10.5. The maximum absolute atomic E-state index is 13.4. The number of furan rings is 1. The summed E-state index contributed by atoms with van der Waals surface area (Å²) in [4.78, 5) is 14.5. The molecule has 0 saturated carbocycles. The van der Waals surface area contributed by atoms with Crippen molar-refractivity contribution in [3.8, 4) is 11.3 Å². The van der Waals surface area contributed by atoms with E-state index >= 15 is 0 Å². The lowest BCUT2D eigenvalue weighted by atomic mass is 10.2. The van der Waals surface area contributed by atoms with Gasteiger partial charge in [-0.1, -0.05) is 58.8 Å². The highest BCUT2D eigenvalue weighted by atomic mass is 35.5. The highest BCUT2D eigenvalue weighted by Crippen LogP contribution is 2.38. The van der Waals surface area contributed by atoms with Gasteiger partial charge in [-0.2, -0.15) is 0 Å². The highest BCUT2D eigenvalue weighted by Gasteiger charge is 2.34. The molecule has 0 atom stereocenters. The van der Waals surface area contributed by atoms with Crippen LogP contribution < -0.4 is 4.90 Å². The molecule has 3 nitrogen and oxygen atoms in total. The molecule has 1 saturated heterocycles. The van der Waals surface area contributed by atoms with E-state index in [1.807, 2.05) is 0 Å². The molecule has 1 aromatic heterocycles. The van der Waals surface area contributed by atoms with Gasteiger partial charge in [0.15, 0.2) is 4.32 Å². The number of nitrogens with zero attached hydrogens (tertiary/aromatic N) is 1. The van der Waals surface area contributed by atoms with Crippen molar-refractivity contribution in [3.63, 3.8) is 0 Å². The zero-order valence-corrected chi connectivity index (χ0v) is 18.2. The van der Waals surface area contributed by atoms with Gasteiger partial charge in [0.2, 0.25) is 0 Å². The fourth-order valence-electron chi connectivity index (χ4n) is 2.71. The van der Waals surface area contributed by atoms with Crippen LogP contribution in [0.2, 0.25) is 15.1 Å². The van der Waals surface area contributed by atoms with Gasteiger partial charge in [0, 0.05) is 16.7 Å². The fraction of sp³-hybridized carbons (Fsp3) is 0. The number of rotatable bonds is 3.